The van der Waals surface area contributed by atoms with Crippen LogP contribution in [0.4, 0.5) is 0 Å². The Morgan fingerprint density at radius 3 is 2.65 bits per heavy atom. The van der Waals surface area contributed by atoms with E-state index in [1.807, 2.05) is 68.4 Å². The second kappa shape index (κ2) is 12.3. The third kappa shape index (κ3) is 6.91. The number of halogens is 1. The van der Waals surface area contributed by atoms with Crippen LogP contribution in [-0.4, -0.2) is 54.6 Å². The van der Waals surface area contributed by atoms with E-state index in [9.17, 15) is 4.79 Å². The zero-order valence-corrected chi connectivity index (χ0v) is 23.0. The normalized spacial score (nSPS) is 11.1. The van der Waals surface area contributed by atoms with Crippen LogP contribution in [0.15, 0.2) is 60.0 Å². The quantitative estimate of drug-likeness (QED) is 0.238. The minimum Gasteiger partial charge on any atom is -0.490 e. The monoisotopic (exact) mass is 538 g/mol. The van der Waals surface area contributed by atoms with Crippen LogP contribution in [-0.2, 0) is 6.54 Å². The minimum atomic E-state index is -0.134. The molecule has 0 aliphatic heterocycles. The average Bonchev–Trinajstić information content (AvgIpc) is 3.50. The van der Waals surface area contributed by atoms with Crippen LogP contribution in [0.3, 0.4) is 0 Å². The number of carbonyl (C=O) groups is 1. The van der Waals surface area contributed by atoms with Crippen molar-refractivity contribution >= 4 is 28.8 Å². The lowest BCUT2D eigenvalue weighted by molar-refractivity contribution is 0.0935. The van der Waals surface area contributed by atoms with Gasteiger partial charge in [0.2, 0.25) is 5.88 Å². The molecule has 0 unspecified atom stereocenters. The summed E-state index contributed by atoms with van der Waals surface area (Å²) in [7, 11) is 3.80. The highest BCUT2D eigenvalue weighted by molar-refractivity contribution is 7.13. The molecule has 0 aliphatic carbocycles. The van der Waals surface area contributed by atoms with Crippen molar-refractivity contribution in [3.8, 4) is 33.3 Å². The first-order valence-electron chi connectivity index (χ1n) is 12.1. The predicted octanol–water partition coefficient (Wildman–Crippen LogP) is 5.97. The van der Waals surface area contributed by atoms with Gasteiger partial charge < -0.3 is 14.8 Å². The molecule has 194 valence electrons. The molecule has 1 amide bonds. The van der Waals surface area contributed by atoms with E-state index in [1.165, 1.54) is 10.4 Å². The first-order chi connectivity index (χ1) is 17.8. The summed E-state index contributed by atoms with van der Waals surface area (Å²) in [6.07, 6.45) is 0. The van der Waals surface area contributed by atoms with Crippen LogP contribution < -0.4 is 14.8 Å². The van der Waals surface area contributed by atoms with Gasteiger partial charge in [-0.15, -0.1) is 11.3 Å². The van der Waals surface area contributed by atoms with Crippen molar-refractivity contribution in [2.75, 3.05) is 34.0 Å². The number of aryl methyl sites for hydroxylation is 1. The first-order valence-corrected chi connectivity index (χ1v) is 13.3. The first kappa shape index (κ1) is 26.7. The molecule has 0 atom stereocenters. The van der Waals surface area contributed by atoms with Gasteiger partial charge in [0.25, 0.3) is 5.91 Å². The molecular formula is C28H31ClN4O3S. The Bertz CT molecular complexity index is 1370. The summed E-state index contributed by atoms with van der Waals surface area (Å²) >= 11 is 8.21. The molecule has 0 spiro atoms. The van der Waals surface area contributed by atoms with Gasteiger partial charge in [0.05, 0.1) is 30.5 Å². The number of benzene rings is 2. The van der Waals surface area contributed by atoms with E-state index in [-0.39, 0.29) is 5.91 Å². The van der Waals surface area contributed by atoms with E-state index in [4.69, 9.17) is 26.2 Å². The molecule has 0 fully saturated rings. The maximum absolute atomic E-state index is 12.5. The smallest absolute Gasteiger partial charge is 0.252 e. The number of rotatable bonds is 11. The molecule has 4 aromatic rings. The molecule has 4 rings (SSSR count). The van der Waals surface area contributed by atoms with E-state index in [2.05, 4.69) is 23.7 Å². The van der Waals surface area contributed by atoms with E-state index in [0.29, 0.717) is 48.6 Å². The molecule has 0 saturated heterocycles. The largest absolute Gasteiger partial charge is 0.490 e. The summed E-state index contributed by atoms with van der Waals surface area (Å²) in [5, 5.41) is 10.3. The Kier molecular flexibility index (Phi) is 8.87. The van der Waals surface area contributed by atoms with Crippen LogP contribution >= 0.6 is 22.9 Å². The minimum absolute atomic E-state index is 0.134. The van der Waals surface area contributed by atoms with Crippen molar-refractivity contribution in [2.24, 2.45) is 0 Å². The number of thiophene rings is 1. The number of hydrogen-bond acceptors (Lipinski definition) is 6. The van der Waals surface area contributed by atoms with Crippen molar-refractivity contribution in [3.63, 3.8) is 0 Å². The van der Waals surface area contributed by atoms with E-state index < -0.39 is 0 Å². The van der Waals surface area contributed by atoms with Gasteiger partial charge in [-0.25, -0.2) is 4.68 Å². The molecule has 2 heterocycles. The zero-order chi connectivity index (χ0) is 26.4. The number of nitrogens with one attached hydrogen (secondary N) is 1. The Hall–Kier alpha value is -3.33. The lowest BCUT2D eigenvalue weighted by Crippen LogP contribution is -2.33. The summed E-state index contributed by atoms with van der Waals surface area (Å²) < 4.78 is 13.6. The zero-order valence-electron chi connectivity index (χ0n) is 21.5. The summed E-state index contributed by atoms with van der Waals surface area (Å²) in [5.41, 5.74) is 4.44. The number of nitrogens with zero attached hydrogens (tertiary/aromatic N) is 3. The maximum atomic E-state index is 12.5. The Balaban J connectivity index is 1.44. The van der Waals surface area contributed by atoms with E-state index in [1.54, 1.807) is 22.1 Å². The van der Waals surface area contributed by atoms with Crippen LogP contribution in [0.2, 0.25) is 5.02 Å². The standard InChI is InChI=1S/C28H31ClN4O3S/c1-5-35-27-16-24(20-7-6-8-22(14-20)28(34)30-18-32(3)4)31-33(27)11-12-36-25-10-9-21(15-23(25)29)26-13-19(2)17-37-26/h6-10,13-17H,5,11-12,18H2,1-4H3,(H,30,34). The molecule has 37 heavy (non-hydrogen) atoms. The molecule has 7 nitrogen and oxygen atoms in total. The average molecular weight is 539 g/mol. The van der Waals surface area contributed by atoms with Crippen molar-refractivity contribution in [2.45, 2.75) is 20.4 Å². The molecular weight excluding hydrogens is 508 g/mol. The van der Waals surface area contributed by atoms with Gasteiger partial charge in [-0.05, 0) is 80.8 Å². The topological polar surface area (TPSA) is 68.6 Å². The number of carbonyl (C=O) groups excluding carboxylic acids is 1. The molecule has 0 bridgehead atoms. The summed E-state index contributed by atoms with van der Waals surface area (Å²) in [4.78, 5) is 15.6. The Labute approximate surface area is 226 Å². The highest BCUT2D eigenvalue weighted by Gasteiger charge is 2.14. The third-order valence-electron chi connectivity index (χ3n) is 5.52. The molecule has 0 saturated carbocycles. The lowest BCUT2D eigenvalue weighted by Gasteiger charge is -2.11. The van der Waals surface area contributed by atoms with Gasteiger partial charge in [-0.3, -0.25) is 9.69 Å². The predicted molar refractivity (Wildman–Crippen MR) is 150 cm³/mol. The Morgan fingerprint density at radius 2 is 1.95 bits per heavy atom. The molecule has 2 aromatic heterocycles. The number of hydrogen-bond donors (Lipinski definition) is 1. The Morgan fingerprint density at radius 1 is 1.11 bits per heavy atom. The third-order valence-corrected chi connectivity index (χ3v) is 6.91. The van der Waals surface area contributed by atoms with Crippen molar-refractivity contribution in [1.82, 2.24) is 20.0 Å². The number of ether oxygens (including phenoxy) is 2. The maximum Gasteiger partial charge on any atom is 0.252 e. The fourth-order valence-electron chi connectivity index (χ4n) is 3.71. The summed E-state index contributed by atoms with van der Waals surface area (Å²) in [6.45, 7) is 5.82. The fraction of sp³-hybridized carbons (Fsp3) is 0.286. The fourth-order valence-corrected chi connectivity index (χ4v) is 4.85. The van der Waals surface area contributed by atoms with Crippen LogP contribution in [0.25, 0.3) is 21.7 Å². The van der Waals surface area contributed by atoms with E-state index in [0.717, 1.165) is 16.8 Å². The second-order valence-electron chi connectivity index (χ2n) is 8.83. The highest BCUT2D eigenvalue weighted by atomic mass is 35.5. The molecule has 2 aromatic carbocycles. The number of aromatic nitrogens is 2. The highest BCUT2D eigenvalue weighted by Crippen LogP contribution is 2.33. The molecule has 0 radical (unpaired) electrons. The van der Waals surface area contributed by atoms with Gasteiger partial charge >= 0.3 is 0 Å². The summed E-state index contributed by atoms with van der Waals surface area (Å²) in [6, 6.07) is 17.3. The van der Waals surface area contributed by atoms with Gasteiger partial charge in [0.15, 0.2) is 0 Å². The van der Waals surface area contributed by atoms with Gasteiger partial charge in [0, 0.05) is 22.1 Å². The SMILES string of the molecule is CCOc1cc(-c2cccc(C(=O)NCN(C)C)c2)nn1CCOc1ccc(-c2cc(C)cs2)cc1Cl. The molecule has 9 heteroatoms. The van der Waals surface area contributed by atoms with E-state index >= 15 is 0 Å². The molecule has 0 aliphatic rings. The summed E-state index contributed by atoms with van der Waals surface area (Å²) in [5.74, 6) is 1.13. The van der Waals surface area contributed by atoms with Crippen LogP contribution in [0.5, 0.6) is 11.6 Å². The lowest BCUT2D eigenvalue weighted by atomic mass is 10.1. The van der Waals surface area contributed by atoms with Gasteiger partial charge in [0.1, 0.15) is 12.4 Å². The van der Waals surface area contributed by atoms with Crippen LogP contribution in [0, 0.1) is 6.92 Å². The van der Waals surface area contributed by atoms with Gasteiger partial charge in [-0.2, -0.15) is 5.10 Å². The van der Waals surface area contributed by atoms with Crippen molar-refractivity contribution < 1.29 is 14.3 Å². The number of amides is 1. The molecule has 1 N–H and O–H groups in total. The van der Waals surface area contributed by atoms with Crippen molar-refractivity contribution in [3.05, 3.63) is 76.1 Å². The van der Waals surface area contributed by atoms with Crippen LogP contribution in [0.1, 0.15) is 22.8 Å². The van der Waals surface area contributed by atoms with Gasteiger partial charge in [-0.1, -0.05) is 23.7 Å². The van der Waals surface area contributed by atoms with Crippen molar-refractivity contribution in [1.29, 1.82) is 0 Å². The second-order valence-corrected chi connectivity index (χ2v) is 10.1.